The molecule has 4 atom stereocenters. The van der Waals surface area contributed by atoms with Gasteiger partial charge in [-0.25, -0.2) is 4.98 Å². The Labute approximate surface area is 223 Å². The fraction of sp³-hybridized carbons (Fsp3) is 0.360. The molecule has 2 heterocycles. The van der Waals surface area contributed by atoms with Crippen molar-refractivity contribution in [2.24, 2.45) is 11.5 Å². The van der Waals surface area contributed by atoms with E-state index in [1.165, 1.54) is 19.4 Å². The molecule has 4 unspecified atom stereocenters. The zero-order valence-electron chi connectivity index (χ0n) is 21.3. The number of amides is 4. The number of imidazole rings is 1. The number of nitrogens with one attached hydrogen (secondary N) is 5. The lowest BCUT2D eigenvalue weighted by molar-refractivity contribution is -0.141. The number of carbonyl (C=O) groups is 5. The maximum atomic E-state index is 13.5. The van der Waals surface area contributed by atoms with Crippen LogP contribution in [0.3, 0.4) is 0 Å². The summed E-state index contributed by atoms with van der Waals surface area (Å²) in [4.78, 5) is 71.5. The Morgan fingerprint density at radius 3 is 2.31 bits per heavy atom. The van der Waals surface area contributed by atoms with Gasteiger partial charge in [0.2, 0.25) is 23.6 Å². The third-order valence-corrected chi connectivity index (χ3v) is 6.11. The monoisotopic (exact) mass is 540 g/mol. The van der Waals surface area contributed by atoms with Crippen molar-refractivity contribution in [3.05, 3.63) is 54.2 Å². The Bertz CT molecular complexity index is 1320. The van der Waals surface area contributed by atoms with E-state index in [9.17, 15) is 29.1 Å². The van der Waals surface area contributed by atoms with E-state index >= 15 is 0 Å². The van der Waals surface area contributed by atoms with Crippen LogP contribution in [0.4, 0.5) is 0 Å². The minimum atomic E-state index is -1.25. The topological polar surface area (TPSA) is 238 Å². The number of hydrogen-bond donors (Lipinski definition) is 8. The summed E-state index contributed by atoms with van der Waals surface area (Å²) in [5, 5.41) is 17.6. The minimum absolute atomic E-state index is 0.0134. The van der Waals surface area contributed by atoms with Gasteiger partial charge in [-0.1, -0.05) is 18.2 Å². The molecule has 2 aromatic heterocycles. The van der Waals surface area contributed by atoms with Gasteiger partial charge in [0.1, 0.15) is 18.1 Å². The number of H-pyrrole nitrogens is 2. The zero-order valence-corrected chi connectivity index (χ0v) is 21.3. The van der Waals surface area contributed by atoms with Crippen LogP contribution in [-0.4, -0.2) is 73.8 Å². The SMILES string of the molecule is CC(NC(=O)C(Cc1cnc[nH]1)NC(=O)C(Cc1c[nH]c2ccccc12)NC(=O)C(N)CCC(N)=O)C(=O)O. The molecule has 0 bridgehead atoms. The van der Waals surface area contributed by atoms with Gasteiger partial charge in [-0.15, -0.1) is 0 Å². The van der Waals surface area contributed by atoms with E-state index in [0.717, 1.165) is 16.5 Å². The van der Waals surface area contributed by atoms with Gasteiger partial charge < -0.3 is 42.5 Å². The summed E-state index contributed by atoms with van der Waals surface area (Å²) >= 11 is 0. The third-order valence-electron chi connectivity index (χ3n) is 6.11. The number of aromatic nitrogens is 3. The van der Waals surface area contributed by atoms with E-state index in [0.29, 0.717) is 5.69 Å². The van der Waals surface area contributed by atoms with Gasteiger partial charge in [-0.2, -0.15) is 0 Å². The van der Waals surface area contributed by atoms with Crippen molar-refractivity contribution in [3.63, 3.8) is 0 Å². The fourth-order valence-corrected chi connectivity index (χ4v) is 3.91. The van der Waals surface area contributed by atoms with Gasteiger partial charge in [-0.05, 0) is 25.0 Å². The summed E-state index contributed by atoms with van der Waals surface area (Å²) in [7, 11) is 0. The first-order valence-corrected chi connectivity index (χ1v) is 12.2. The number of benzene rings is 1. The van der Waals surface area contributed by atoms with Crippen LogP contribution < -0.4 is 27.4 Å². The Morgan fingerprint density at radius 2 is 1.64 bits per heavy atom. The zero-order chi connectivity index (χ0) is 28.5. The fourth-order valence-electron chi connectivity index (χ4n) is 3.91. The number of aliphatic carboxylic acids is 1. The van der Waals surface area contributed by atoms with Crippen LogP contribution in [0.2, 0.25) is 0 Å². The molecule has 208 valence electrons. The van der Waals surface area contributed by atoms with Crippen LogP contribution in [0.1, 0.15) is 31.0 Å². The molecule has 0 saturated carbocycles. The molecule has 39 heavy (non-hydrogen) atoms. The molecule has 10 N–H and O–H groups in total. The van der Waals surface area contributed by atoms with Gasteiger partial charge in [0.05, 0.1) is 12.4 Å². The van der Waals surface area contributed by atoms with Crippen molar-refractivity contribution in [2.45, 2.75) is 56.8 Å². The maximum absolute atomic E-state index is 13.5. The summed E-state index contributed by atoms with van der Waals surface area (Å²) in [6.45, 7) is 1.29. The molecule has 0 aliphatic heterocycles. The van der Waals surface area contributed by atoms with Crippen LogP contribution in [0, 0.1) is 0 Å². The second-order valence-corrected chi connectivity index (χ2v) is 9.15. The lowest BCUT2D eigenvalue weighted by Crippen LogP contribution is -2.58. The summed E-state index contributed by atoms with van der Waals surface area (Å²) in [5.41, 5.74) is 13.1. The van der Waals surface area contributed by atoms with Crippen LogP contribution in [0.15, 0.2) is 43.0 Å². The van der Waals surface area contributed by atoms with Crippen molar-refractivity contribution < 1.29 is 29.1 Å². The first kappa shape index (κ1) is 28.8. The van der Waals surface area contributed by atoms with Crippen molar-refractivity contribution >= 4 is 40.5 Å². The number of nitrogens with zero attached hydrogens (tertiary/aromatic N) is 1. The first-order valence-electron chi connectivity index (χ1n) is 12.2. The number of nitrogens with two attached hydrogens (primary N) is 2. The number of carboxylic acid groups (broad SMARTS) is 1. The molecule has 14 heteroatoms. The molecule has 3 aromatic rings. The van der Waals surface area contributed by atoms with Gasteiger partial charge in [0, 0.05) is 48.3 Å². The average Bonchev–Trinajstić information content (AvgIpc) is 3.56. The Kier molecular flexibility index (Phi) is 9.75. The number of rotatable bonds is 14. The largest absolute Gasteiger partial charge is 0.480 e. The van der Waals surface area contributed by atoms with E-state index in [4.69, 9.17) is 11.5 Å². The van der Waals surface area contributed by atoms with E-state index in [1.54, 1.807) is 6.20 Å². The molecule has 0 fully saturated rings. The molecule has 0 aliphatic carbocycles. The summed E-state index contributed by atoms with van der Waals surface area (Å²) < 4.78 is 0. The highest BCUT2D eigenvalue weighted by molar-refractivity contribution is 5.95. The molecule has 0 aliphatic rings. The lowest BCUT2D eigenvalue weighted by Gasteiger charge is -2.24. The summed E-state index contributed by atoms with van der Waals surface area (Å²) in [6, 6.07) is 2.75. The smallest absolute Gasteiger partial charge is 0.325 e. The molecule has 14 nitrogen and oxygen atoms in total. The summed E-state index contributed by atoms with van der Waals surface area (Å²) in [5.74, 6) is -3.97. The quantitative estimate of drug-likeness (QED) is 0.124. The number of carboxylic acids is 1. The van der Waals surface area contributed by atoms with E-state index in [2.05, 4.69) is 30.9 Å². The highest BCUT2D eigenvalue weighted by Crippen LogP contribution is 2.19. The number of fused-ring (bicyclic) bond motifs is 1. The van der Waals surface area contributed by atoms with E-state index < -0.39 is 53.8 Å². The number of primary amides is 1. The number of carbonyl (C=O) groups excluding carboxylic acids is 4. The van der Waals surface area contributed by atoms with Gasteiger partial charge >= 0.3 is 5.97 Å². The van der Waals surface area contributed by atoms with Crippen molar-refractivity contribution in [1.82, 2.24) is 30.9 Å². The minimum Gasteiger partial charge on any atom is -0.480 e. The Hall–Kier alpha value is -4.72. The van der Waals surface area contributed by atoms with Crippen LogP contribution >= 0.6 is 0 Å². The molecule has 1 aromatic carbocycles. The normalized spacial score (nSPS) is 14.1. The molecule has 0 radical (unpaired) electrons. The van der Waals surface area contributed by atoms with E-state index in [1.807, 2.05) is 24.3 Å². The molecule has 0 spiro atoms. The molecular weight excluding hydrogens is 508 g/mol. The predicted molar refractivity (Wildman–Crippen MR) is 140 cm³/mol. The molecule has 3 rings (SSSR count). The number of hydrogen-bond acceptors (Lipinski definition) is 7. The van der Waals surface area contributed by atoms with Crippen LogP contribution in [0.5, 0.6) is 0 Å². The first-order chi connectivity index (χ1) is 18.5. The van der Waals surface area contributed by atoms with Gasteiger partial charge in [0.15, 0.2) is 0 Å². The lowest BCUT2D eigenvalue weighted by atomic mass is 10.0. The van der Waals surface area contributed by atoms with Crippen molar-refractivity contribution in [1.29, 1.82) is 0 Å². The summed E-state index contributed by atoms with van der Waals surface area (Å²) in [6.07, 6.45) is 4.50. The predicted octanol–water partition coefficient (Wildman–Crippen LogP) is -1.17. The Morgan fingerprint density at radius 1 is 0.974 bits per heavy atom. The van der Waals surface area contributed by atoms with Gasteiger partial charge in [-0.3, -0.25) is 24.0 Å². The van der Waals surface area contributed by atoms with Crippen LogP contribution in [0.25, 0.3) is 10.9 Å². The second kappa shape index (κ2) is 13.2. The third kappa shape index (κ3) is 8.13. The molecule has 4 amide bonds. The average molecular weight is 541 g/mol. The van der Waals surface area contributed by atoms with E-state index in [-0.39, 0.29) is 25.7 Å². The highest BCUT2D eigenvalue weighted by atomic mass is 16.4. The number of para-hydroxylation sites is 1. The number of aromatic amines is 2. The highest BCUT2D eigenvalue weighted by Gasteiger charge is 2.30. The van der Waals surface area contributed by atoms with Gasteiger partial charge in [0.25, 0.3) is 0 Å². The van der Waals surface area contributed by atoms with Crippen molar-refractivity contribution in [3.8, 4) is 0 Å². The molecule has 0 saturated heterocycles. The second-order valence-electron chi connectivity index (χ2n) is 9.15. The Balaban J connectivity index is 1.84. The van der Waals surface area contributed by atoms with Crippen molar-refractivity contribution in [2.75, 3.05) is 0 Å². The molecular formula is C25H32N8O6. The maximum Gasteiger partial charge on any atom is 0.325 e. The van der Waals surface area contributed by atoms with Crippen LogP contribution in [-0.2, 0) is 36.8 Å². The standard InChI is InChI=1S/C25H32N8O6/c1-13(25(38)39)31-23(36)20(9-15-11-28-12-30-15)33-24(37)19(32-22(35)17(26)6-7-21(27)34)8-14-10-29-18-5-3-2-4-16(14)18/h2-5,10-13,17,19-20,29H,6-9,26H2,1H3,(H2,27,34)(H,28,30)(H,31,36)(H,32,35)(H,33,37)(H,38,39).